The van der Waals surface area contributed by atoms with Crippen molar-refractivity contribution in [3.63, 3.8) is 0 Å². The van der Waals surface area contributed by atoms with Crippen molar-refractivity contribution in [2.45, 2.75) is 19.9 Å². The molecule has 0 bridgehead atoms. The summed E-state index contributed by atoms with van der Waals surface area (Å²) in [6, 6.07) is 18.9. The SMILES string of the molecule is Cc1cc(Br)ccc1NC(=O)CN(C)[C@H](C)C(=O)Nc1cccc2ccccc12. The second-order valence-electron chi connectivity index (χ2n) is 7.11. The average Bonchev–Trinajstić information content (AvgIpc) is 2.69. The Bertz CT molecular complexity index is 1050. The van der Waals surface area contributed by atoms with E-state index in [4.69, 9.17) is 0 Å². The molecule has 0 spiro atoms. The maximum atomic E-state index is 12.7. The largest absolute Gasteiger partial charge is 0.325 e. The van der Waals surface area contributed by atoms with Crippen molar-refractivity contribution < 1.29 is 9.59 Å². The molecule has 5 nitrogen and oxygen atoms in total. The lowest BCUT2D eigenvalue weighted by Gasteiger charge is -2.23. The molecule has 0 fully saturated rings. The molecule has 3 aromatic rings. The summed E-state index contributed by atoms with van der Waals surface area (Å²) in [6.45, 7) is 3.84. The van der Waals surface area contributed by atoms with Crippen LogP contribution >= 0.6 is 15.9 Å². The number of aryl methyl sites for hydroxylation is 1. The number of nitrogens with zero attached hydrogens (tertiary/aromatic N) is 1. The van der Waals surface area contributed by atoms with Crippen LogP contribution in [0.1, 0.15) is 12.5 Å². The van der Waals surface area contributed by atoms with Crippen LogP contribution in [0.5, 0.6) is 0 Å². The standard InChI is InChI=1S/C23H24BrN3O2/c1-15-13-18(24)11-12-20(15)25-22(28)14-27(3)16(2)23(29)26-21-10-6-8-17-7-4-5-9-19(17)21/h4-13,16H,14H2,1-3H3,(H,25,28)(H,26,29)/t16-/m1/s1. The molecule has 6 heteroatoms. The van der Waals surface area contributed by atoms with Crippen molar-refractivity contribution >= 4 is 49.9 Å². The summed E-state index contributed by atoms with van der Waals surface area (Å²) in [6.07, 6.45) is 0. The first kappa shape index (κ1) is 21.0. The molecule has 1 atom stereocenters. The molecule has 150 valence electrons. The van der Waals surface area contributed by atoms with Crippen LogP contribution in [-0.2, 0) is 9.59 Å². The van der Waals surface area contributed by atoms with E-state index in [-0.39, 0.29) is 18.4 Å². The normalized spacial score (nSPS) is 12.0. The second-order valence-corrected chi connectivity index (χ2v) is 8.03. The summed E-state index contributed by atoms with van der Waals surface area (Å²) >= 11 is 3.41. The van der Waals surface area contributed by atoms with E-state index in [0.717, 1.165) is 32.2 Å². The third-order valence-electron chi connectivity index (χ3n) is 4.94. The van der Waals surface area contributed by atoms with Gasteiger partial charge in [-0.15, -0.1) is 0 Å². The summed E-state index contributed by atoms with van der Waals surface area (Å²) in [4.78, 5) is 26.9. The Labute approximate surface area is 179 Å². The van der Waals surface area contributed by atoms with Gasteiger partial charge in [0.2, 0.25) is 11.8 Å². The minimum atomic E-state index is -0.467. The third kappa shape index (κ3) is 5.22. The molecule has 0 saturated heterocycles. The molecule has 3 aromatic carbocycles. The average molecular weight is 454 g/mol. The number of fused-ring (bicyclic) bond motifs is 1. The minimum absolute atomic E-state index is 0.111. The maximum absolute atomic E-state index is 12.7. The van der Waals surface area contributed by atoms with Crippen LogP contribution in [0, 0.1) is 6.92 Å². The van der Waals surface area contributed by atoms with Crippen molar-refractivity contribution in [3.8, 4) is 0 Å². The van der Waals surface area contributed by atoms with Gasteiger partial charge in [0.05, 0.1) is 12.6 Å². The lowest BCUT2D eigenvalue weighted by molar-refractivity contribution is -0.122. The van der Waals surface area contributed by atoms with Crippen LogP contribution in [0.25, 0.3) is 10.8 Å². The quantitative estimate of drug-likeness (QED) is 0.562. The monoisotopic (exact) mass is 453 g/mol. The zero-order valence-corrected chi connectivity index (χ0v) is 18.3. The van der Waals surface area contributed by atoms with Crippen LogP contribution in [-0.4, -0.2) is 36.3 Å². The number of hydrogen-bond donors (Lipinski definition) is 2. The van der Waals surface area contributed by atoms with Crippen LogP contribution < -0.4 is 10.6 Å². The Balaban J connectivity index is 1.62. The molecular weight excluding hydrogens is 430 g/mol. The predicted octanol–water partition coefficient (Wildman–Crippen LogP) is 4.81. The van der Waals surface area contributed by atoms with Crippen molar-refractivity contribution in [2.24, 2.45) is 0 Å². The fourth-order valence-corrected chi connectivity index (χ4v) is 3.57. The van der Waals surface area contributed by atoms with E-state index in [1.807, 2.05) is 67.6 Å². The lowest BCUT2D eigenvalue weighted by atomic mass is 10.1. The van der Waals surface area contributed by atoms with Gasteiger partial charge < -0.3 is 10.6 Å². The number of likely N-dealkylation sites (N-methyl/N-ethyl adjacent to an activating group) is 1. The third-order valence-corrected chi connectivity index (χ3v) is 5.44. The number of carbonyl (C=O) groups is 2. The summed E-state index contributed by atoms with van der Waals surface area (Å²) in [5.41, 5.74) is 2.50. The van der Waals surface area contributed by atoms with E-state index < -0.39 is 6.04 Å². The van der Waals surface area contributed by atoms with E-state index in [1.165, 1.54) is 0 Å². The van der Waals surface area contributed by atoms with Crippen molar-refractivity contribution in [1.82, 2.24) is 4.90 Å². The first-order valence-electron chi connectivity index (χ1n) is 9.40. The van der Waals surface area contributed by atoms with Gasteiger partial charge in [-0.3, -0.25) is 14.5 Å². The summed E-state index contributed by atoms with van der Waals surface area (Å²) in [5.74, 6) is -0.320. The molecule has 0 radical (unpaired) electrons. The number of hydrogen-bond acceptors (Lipinski definition) is 3. The second kappa shape index (κ2) is 9.20. The first-order chi connectivity index (χ1) is 13.8. The van der Waals surface area contributed by atoms with Gasteiger partial charge in [0.25, 0.3) is 0 Å². The number of carbonyl (C=O) groups excluding carboxylic acids is 2. The lowest BCUT2D eigenvalue weighted by Crippen LogP contribution is -2.43. The van der Waals surface area contributed by atoms with Crippen LogP contribution in [0.4, 0.5) is 11.4 Å². The van der Waals surface area contributed by atoms with Crippen molar-refractivity contribution in [2.75, 3.05) is 24.2 Å². The van der Waals surface area contributed by atoms with E-state index >= 15 is 0 Å². The molecule has 3 rings (SSSR count). The van der Waals surface area contributed by atoms with Crippen molar-refractivity contribution in [3.05, 3.63) is 70.7 Å². The van der Waals surface area contributed by atoms with Crippen molar-refractivity contribution in [1.29, 1.82) is 0 Å². The van der Waals surface area contributed by atoms with E-state index in [9.17, 15) is 9.59 Å². The minimum Gasteiger partial charge on any atom is -0.325 e. The van der Waals surface area contributed by atoms with Gasteiger partial charge >= 0.3 is 0 Å². The summed E-state index contributed by atoms with van der Waals surface area (Å²) in [5, 5.41) is 7.94. The zero-order chi connectivity index (χ0) is 21.0. The number of anilines is 2. The zero-order valence-electron chi connectivity index (χ0n) is 16.7. The molecular formula is C23H24BrN3O2. The Morgan fingerprint density at radius 1 is 1.00 bits per heavy atom. The fraction of sp³-hybridized carbons (Fsp3) is 0.217. The first-order valence-corrected chi connectivity index (χ1v) is 10.2. The highest BCUT2D eigenvalue weighted by Gasteiger charge is 2.21. The van der Waals surface area contributed by atoms with Gasteiger partial charge in [0.1, 0.15) is 0 Å². The van der Waals surface area contributed by atoms with Gasteiger partial charge in [-0.25, -0.2) is 0 Å². The molecule has 0 aliphatic carbocycles. The van der Waals surface area contributed by atoms with E-state index in [0.29, 0.717) is 0 Å². The molecule has 29 heavy (non-hydrogen) atoms. The number of halogens is 1. The van der Waals surface area contributed by atoms with Gasteiger partial charge in [0.15, 0.2) is 0 Å². The highest BCUT2D eigenvalue weighted by Crippen LogP contribution is 2.23. The Morgan fingerprint density at radius 2 is 1.72 bits per heavy atom. The number of nitrogens with one attached hydrogen (secondary N) is 2. The van der Waals surface area contributed by atoms with Crippen LogP contribution in [0.2, 0.25) is 0 Å². The number of rotatable bonds is 6. The van der Waals surface area contributed by atoms with Gasteiger partial charge in [-0.1, -0.05) is 52.3 Å². The highest BCUT2D eigenvalue weighted by atomic mass is 79.9. The summed E-state index contributed by atoms with van der Waals surface area (Å²) in [7, 11) is 1.77. The Morgan fingerprint density at radius 3 is 2.48 bits per heavy atom. The predicted molar refractivity (Wildman–Crippen MR) is 122 cm³/mol. The fourth-order valence-electron chi connectivity index (χ4n) is 3.09. The van der Waals surface area contributed by atoms with Crippen LogP contribution in [0.15, 0.2) is 65.1 Å². The molecule has 0 heterocycles. The molecule has 0 unspecified atom stereocenters. The van der Waals surface area contributed by atoms with Gasteiger partial charge in [0, 0.05) is 21.2 Å². The molecule has 0 saturated carbocycles. The van der Waals surface area contributed by atoms with E-state index in [2.05, 4.69) is 26.6 Å². The molecule has 0 aromatic heterocycles. The number of benzene rings is 3. The molecule has 0 aliphatic heterocycles. The molecule has 2 N–H and O–H groups in total. The maximum Gasteiger partial charge on any atom is 0.241 e. The van der Waals surface area contributed by atoms with Gasteiger partial charge in [-0.2, -0.15) is 0 Å². The topological polar surface area (TPSA) is 61.4 Å². The Hall–Kier alpha value is -2.70. The molecule has 0 aliphatic rings. The Kier molecular flexibility index (Phi) is 6.67. The van der Waals surface area contributed by atoms with E-state index in [1.54, 1.807) is 18.9 Å². The number of amides is 2. The smallest absolute Gasteiger partial charge is 0.241 e. The highest BCUT2D eigenvalue weighted by molar-refractivity contribution is 9.10. The van der Waals surface area contributed by atoms with Gasteiger partial charge in [-0.05, 0) is 56.1 Å². The molecule has 2 amide bonds. The summed E-state index contributed by atoms with van der Waals surface area (Å²) < 4.78 is 0.962. The van der Waals surface area contributed by atoms with Crippen LogP contribution in [0.3, 0.4) is 0 Å².